The monoisotopic (exact) mass is 591 g/mol. The fraction of sp³-hybridized carbons (Fsp3) is 0.419. The molecule has 0 bridgehead atoms. The summed E-state index contributed by atoms with van der Waals surface area (Å²) in [6, 6.07) is 7.11. The second-order valence-corrected chi connectivity index (χ2v) is 11.7. The van der Waals surface area contributed by atoms with Crippen LogP contribution in [0.25, 0.3) is 16.8 Å². The number of pyridine rings is 1. The van der Waals surface area contributed by atoms with Crippen molar-refractivity contribution in [3.8, 4) is 11.3 Å². The maximum absolute atomic E-state index is 15.4. The van der Waals surface area contributed by atoms with Gasteiger partial charge in [-0.25, -0.2) is 18.6 Å². The third-order valence-electron chi connectivity index (χ3n) is 8.95. The number of amides is 1. The lowest BCUT2D eigenvalue weighted by molar-refractivity contribution is 0.0438. The number of benzene rings is 1. The molecular weight excluding hydrogens is 556 g/mol. The molecule has 4 aromatic rings. The van der Waals surface area contributed by atoms with Crippen molar-refractivity contribution in [2.75, 3.05) is 12.4 Å². The lowest BCUT2D eigenvalue weighted by atomic mass is 9.73. The summed E-state index contributed by atoms with van der Waals surface area (Å²) in [5.41, 5.74) is 7.69. The first kappa shape index (κ1) is 28.9. The number of halogens is 2. The van der Waals surface area contributed by atoms with Crippen LogP contribution in [0.5, 0.6) is 0 Å². The zero-order valence-electron chi connectivity index (χ0n) is 24.1. The topological polar surface area (TPSA) is 140 Å². The van der Waals surface area contributed by atoms with Gasteiger partial charge in [-0.3, -0.25) is 4.98 Å². The van der Waals surface area contributed by atoms with Crippen LogP contribution in [0.1, 0.15) is 62.5 Å². The minimum atomic E-state index is -1.21. The quantitative estimate of drug-likeness (QED) is 0.242. The van der Waals surface area contributed by atoms with Crippen LogP contribution in [0.4, 0.5) is 25.2 Å². The minimum Gasteiger partial charge on any atom is -0.453 e. The Morgan fingerprint density at radius 3 is 2.58 bits per heavy atom. The fourth-order valence-corrected chi connectivity index (χ4v) is 6.71. The molecule has 12 heteroatoms. The highest BCUT2D eigenvalue weighted by atomic mass is 19.1. The van der Waals surface area contributed by atoms with Gasteiger partial charge in [-0.2, -0.15) is 9.61 Å². The van der Waals surface area contributed by atoms with Gasteiger partial charge in [-0.1, -0.05) is 19.8 Å². The molecule has 10 nitrogen and oxygen atoms in total. The molecule has 43 heavy (non-hydrogen) atoms. The van der Waals surface area contributed by atoms with Crippen molar-refractivity contribution in [1.29, 1.82) is 0 Å². The number of anilines is 2. The molecule has 0 aliphatic heterocycles. The van der Waals surface area contributed by atoms with Crippen molar-refractivity contribution < 1.29 is 23.4 Å². The number of fused-ring (bicyclic) bond motifs is 1. The maximum Gasteiger partial charge on any atom is 0.407 e. The molecule has 2 saturated carbocycles. The van der Waals surface area contributed by atoms with Gasteiger partial charge in [0.1, 0.15) is 11.6 Å². The Labute approximate surface area is 247 Å². The molecule has 2 aliphatic carbocycles. The first-order valence-electron chi connectivity index (χ1n) is 14.5. The Balaban J connectivity index is 1.28. The molecular formula is C31H35F2N7O3. The number of nitrogens with zero attached hydrogens (tertiary/aromatic N) is 4. The molecule has 2 aliphatic rings. The highest BCUT2D eigenvalue weighted by Gasteiger charge is 2.37. The fourth-order valence-electron chi connectivity index (χ4n) is 6.71. The number of aromatic nitrogens is 4. The van der Waals surface area contributed by atoms with Gasteiger partial charge in [-0.15, -0.1) is 0 Å². The number of methoxy groups -OCH3 is 1. The van der Waals surface area contributed by atoms with E-state index in [2.05, 4.69) is 25.7 Å². The number of aliphatic hydroxyl groups is 1. The molecule has 6 rings (SSSR count). The summed E-state index contributed by atoms with van der Waals surface area (Å²) < 4.78 is 37.0. The van der Waals surface area contributed by atoms with E-state index in [0.29, 0.717) is 36.4 Å². The third-order valence-corrected chi connectivity index (χ3v) is 8.95. The summed E-state index contributed by atoms with van der Waals surface area (Å²) in [6.07, 6.45) is 8.51. The number of rotatable bonds is 6. The largest absolute Gasteiger partial charge is 0.453 e. The molecule has 3 aromatic heterocycles. The number of carbonyl (C=O) groups is 1. The van der Waals surface area contributed by atoms with Gasteiger partial charge < -0.3 is 26.2 Å². The highest BCUT2D eigenvalue weighted by Crippen LogP contribution is 2.41. The van der Waals surface area contributed by atoms with Crippen LogP contribution in [-0.4, -0.2) is 50.0 Å². The van der Waals surface area contributed by atoms with E-state index in [0.717, 1.165) is 24.8 Å². The maximum atomic E-state index is 15.4. The first-order chi connectivity index (χ1) is 20.7. The summed E-state index contributed by atoms with van der Waals surface area (Å²) >= 11 is 0. The predicted octanol–water partition coefficient (Wildman–Crippen LogP) is 5.14. The van der Waals surface area contributed by atoms with Crippen molar-refractivity contribution in [2.24, 2.45) is 11.7 Å². The molecule has 0 unspecified atom stereocenters. The average Bonchev–Trinajstić information content (AvgIpc) is 3.61. The first-order valence-corrected chi connectivity index (χ1v) is 14.5. The number of nitrogens with one attached hydrogen (secondary N) is 2. The Bertz CT molecular complexity index is 1620. The van der Waals surface area contributed by atoms with Crippen molar-refractivity contribution >= 4 is 23.2 Å². The SMILES string of the molecule is COC(=O)N[C@@H]1[C@H](N)C[C@H](c2ccncc2Nc2ncc3ccc(-c4c(F)cc(C5(O)CCCC5)cc4F)nn23)C[C@@H]1C. The van der Waals surface area contributed by atoms with Gasteiger partial charge >= 0.3 is 6.09 Å². The number of nitrogens with two attached hydrogens (primary N) is 1. The summed E-state index contributed by atoms with van der Waals surface area (Å²) in [4.78, 5) is 20.6. The number of imidazole rings is 1. The van der Waals surface area contributed by atoms with Crippen molar-refractivity contribution in [3.05, 3.63) is 71.7 Å². The van der Waals surface area contributed by atoms with E-state index in [-0.39, 0.29) is 40.7 Å². The van der Waals surface area contributed by atoms with E-state index in [9.17, 15) is 9.90 Å². The molecule has 4 atom stereocenters. The van der Waals surface area contributed by atoms with Gasteiger partial charge in [0.15, 0.2) is 0 Å². The van der Waals surface area contributed by atoms with Crippen LogP contribution in [0, 0.1) is 17.6 Å². The van der Waals surface area contributed by atoms with E-state index in [1.165, 1.54) is 23.8 Å². The Kier molecular flexibility index (Phi) is 7.74. The summed E-state index contributed by atoms with van der Waals surface area (Å²) in [6.45, 7) is 2.05. The third kappa shape index (κ3) is 5.52. The number of carbonyl (C=O) groups excluding carboxylic acids is 1. The van der Waals surface area contributed by atoms with Crippen molar-refractivity contribution in [2.45, 2.75) is 69.1 Å². The number of alkyl carbamates (subject to hydrolysis) is 1. The van der Waals surface area contributed by atoms with Gasteiger partial charge in [-0.05, 0) is 79.0 Å². The summed E-state index contributed by atoms with van der Waals surface area (Å²) in [5, 5.41) is 21.6. The normalized spacial score (nSPS) is 23.3. The van der Waals surface area contributed by atoms with Crippen LogP contribution < -0.4 is 16.4 Å². The number of hydrogen-bond donors (Lipinski definition) is 4. The molecule has 3 heterocycles. The molecule has 0 spiro atoms. The lowest BCUT2D eigenvalue weighted by Crippen LogP contribution is -2.54. The zero-order chi connectivity index (χ0) is 30.3. The summed E-state index contributed by atoms with van der Waals surface area (Å²) in [7, 11) is 1.33. The molecule has 0 saturated heterocycles. The smallest absolute Gasteiger partial charge is 0.407 e. The van der Waals surface area contributed by atoms with E-state index in [1.807, 2.05) is 13.0 Å². The average molecular weight is 592 g/mol. The highest BCUT2D eigenvalue weighted by molar-refractivity contribution is 5.68. The lowest BCUT2D eigenvalue weighted by Gasteiger charge is -2.39. The number of ether oxygens (including phenoxy) is 1. The Morgan fingerprint density at radius 2 is 1.88 bits per heavy atom. The van der Waals surface area contributed by atoms with Gasteiger partial charge in [0.25, 0.3) is 0 Å². The van der Waals surface area contributed by atoms with Crippen LogP contribution >= 0.6 is 0 Å². The van der Waals surface area contributed by atoms with Crippen LogP contribution in [0.15, 0.2) is 48.9 Å². The van der Waals surface area contributed by atoms with Crippen molar-refractivity contribution in [1.82, 2.24) is 24.9 Å². The molecule has 0 radical (unpaired) electrons. The number of hydrogen-bond acceptors (Lipinski definition) is 8. The van der Waals surface area contributed by atoms with E-state index >= 15 is 8.78 Å². The van der Waals surface area contributed by atoms with E-state index in [4.69, 9.17) is 10.5 Å². The predicted molar refractivity (Wildman–Crippen MR) is 157 cm³/mol. The zero-order valence-corrected chi connectivity index (χ0v) is 24.1. The van der Waals surface area contributed by atoms with E-state index in [1.54, 1.807) is 30.7 Å². The van der Waals surface area contributed by atoms with Gasteiger partial charge in [0.2, 0.25) is 5.95 Å². The van der Waals surface area contributed by atoms with Crippen molar-refractivity contribution in [3.63, 3.8) is 0 Å². The standard InChI is InChI=1S/C31H35F2N7O3/c1-17-11-18(12-24(34)28(17)38-30(41)43-2)21-7-10-35-16-26(21)37-29-36-15-20-5-6-25(39-40(20)29)27-22(32)13-19(14-23(27)33)31(42)8-3-4-9-31/h5-7,10,13-18,24,28,42H,3-4,8-9,11-12,34H2,1-2H3,(H,36,37)(H,38,41)/t17-,18+,24+,28-/m0/s1. The van der Waals surface area contributed by atoms with Gasteiger partial charge in [0, 0.05) is 18.3 Å². The van der Waals surface area contributed by atoms with Crippen LogP contribution in [0.3, 0.4) is 0 Å². The molecule has 1 amide bonds. The van der Waals surface area contributed by atoms with Crippen LogP contribution in [-0.2, 0) is 10.3 Å². The molecule has 5 N–H and O–H groups in total. The summed E-state index contributed by atoms with van der Waals surface area (Å²) in [5.74, 6) is -1.04. The minimum absolute atomic E-state index is 0.0809. The Morgan fingerprint density at radius 1 is 1.14 bits per heavy atom. The second-order valence-electron chi connectivity index (χ2n) is 11.7. The molecule has 226 valence electrons. The van der Waals surface area contributed by atoms with E-state index < -0.39 is 23.3 Å². The molecule has 1 aromatic carbocycles. The second kappa shape index (κ2) is 11.5. The molecule has 2 fully saturated rings. The van der Waals surface area contributed by atoms with Crippen LogP contribution in [0.2, 0.25) is 0 Å². The van der Waals surface area contributed by atoms with Gasteiger partial charge in [0.05, 0.1) is 47.6 Å². The Hall–Kier alpha value is -4.16.